The van der Waals surface area contributed by atoms with Gasteiger partial charge in [0.1, 0.15) is 17.6 Å². The second kappa shape index (κ2) is 7.83. The van der Waals surface area contributed by atoms with Crippen molar-refractivity contribution in [1.82, 2.24) is 20.5 Å². The quantitative estimate of drug-likeness (QED) is 0.526. The van der Waals surface area contributed by atoms with Crippen LogP contribution in [0.25, 0.3) is 10.9 Å². The largest absolute Gasteiger partial charge is 0.394 e. The van der Waals surface area contributed by atoms with E-state index in [1.54, 1.807) is 23.1 Å². The number of para-hydroxylation sites is 1. The summed E-state index contributed by atoms with van der Waals surface area (Å²) in [4.78, 5) is 43.1. The molecule has 2 saturated heterocycles. The maximum absolute atomic E-state index is 14.1. The Morgan fingerprint density at radius 1 is 1.36 bits per heavy atom. The first-order chi connectivity index (χ1) is 15.7. The van der Waals surface area contributed by atoms with E-state index in [0.29, 0.717) is 31.3 Å². The number of likely N-dealkylation sites (tertiary alicyclic amines) is 1. The summed E-state index contributed by atoms with van der Waals surface area (Å²) in [5.74, 6) is -1.19. The summed E-state index contributed by atoms with van der Waals surface area (Å²) in [6, 6.07) is 5.01. The number of nitrogens with zero attached hydrogens (tertiary/aromatic N) is 1. The minimum atomic E-state index is -0.680. The lowest BCUT2D eigenvalue weighted by Crippen LogP contribution is -2.53. The Kier molecular flexibility index (Phi) is 5.19. The third-order valence-electron chi connectivity index (χ3n) is 7.87. The molecule has 3 heterocycles. The van der Waals surface area contributed by atoms with Crippen LogP contribution in [0.5, 0.6) is 0 Å². The second-order valence-electron chi connectivity index (χ2n) is 10.1. The Bertz CT molecular complexity index is 1130. The van der Waals surface area contributed by atoms with Gasteiger partial charge in [-0.1, -0.05) is 26.0 Å². The highest BCUT2D eigenvalue weighted by molar-refractivity contribution is 6.01. The van der Waals surface area contributed by atoms with E-state index in [4.69, 9.17) is 0 Å². The summed E-state index contributed by atoms with van der Waals surface area (Å²) in [7, 11) is 0. The van der Waals surface area contributed by atoms with Gasteiger partial charge >= 0.3 is 0 Å². The number of hydrogen-bond donors (Lipinski definition) is 4. The smallest absolute Gasteiger partial charge is 0.271 e. The predicted molar refractivity (Wildman–Crippen MR) is 119 cm³/mol. The first kappa shape index (κ1) is 21.9. The van der Waals surface area contributed by atoms with Crippen molar-refractivity contribution < 1.29 is 23.9 Å². The number of halogens is 1. The number of aromatic nitrogens is 1. The van der Waals surface area contributed by atoms with Gasteiger partial charge in [-0.25, -0.2) is 4.39 Å². The molecule has 0 radical (unpaired) electrons. The normalized spacial score (nSPS) is 28.5. The average molecular weight is 457 g/mol. The summed E-state index contributed by atoms with van der Waals surface area (Å²) >= 11 is 0. The lowest BCUT2D eigenvalue weighted by molar-refractivity contribution is -0.128. The zero-order valence-electron chi connectivity index (χ0n) is 18.7. The van der Waals surface area contributed by atoms with Crippen LogP contribution in [-0.2, 0) is 9.59 Å². The molecule has 3 amide bonds. The number of aliphatic hydroxyl groups is 1. The van der Waals surface area contributed by atoms with E-state index in [1.165, 1.54) is 6.07 Å². The molecule has 1 aromatic carbocycles. The van der Waals surface area contributed by atoms with Crippen LogP contribution in [-0.4, -0.2) is 64.5 Å². The molecule has 1 aliphatic carbocycles. The number of nitrogens with one attached hydrogen (secondary N) is 3. The van der Waals surface area contributed by atoms with Crippen LogP contribution in [0, 0.1) is 29.0 Å². The molecule has 33 heavy (non-hydrogen) atoms. The van der Waals surface area contributed by atoms with Gasteiger partial charge in [0, 0.05) is 24.4 Å². The first-order valence-electron chi connectivity index (χ1n) is 11.5. The average Bonchev–Trinajstić information content (AvgIpc) is 3.30. The summed E-state index contributed by atoms with van der Waals surface area (Å²) in [6.07, 6.45) is 1.03. The number of aromatic amines is 1. The van der Waals surface area contributed by atoms with Crippen molar-refractivity contribution in [3.8, 4) is 0 Å². The van der Waals surface area contributed by atoms with Crippen molar-refractivity contribution in [1.29, 1.82) is 0 Å². The summed E-state index contributed by atoms with van der Waals surface area (Å²) in [5, 5.41) is 16.1. The standard InChI is InChI=1S/C24H29FN4O4/c1-24(2)15-10-29(23(33)17-9-12-4-3-5-16(25)19(12)28-17)20(18(15)24)22(32)27-14(11-30)8-13-6-7-26-21(13)31/h3-5,9,13-15,18,20,28,30H,6-8,10-11H2,1-2H3,(H,26,31)(H,27,32)/t13-,14-,15-,18-,20-/m0/s1. The van der Waals surface area contributed by atoms with Crippen LogP contribution in [0.2, 0.25) is 0 Å². The SMILES string of the molecule is CC1(C)[C@@H]2[C@@H](C(=O)N[C@H](CO)C[C@@H]3CCNC3=O)N(C(=O)c3cc4cccc(F)c4[nH]3)C[C@@H]21. The highest BCUT2D eigenvalue weighted by Gasteiger charge is 2.69. The lowest BCUT2D eigenvalue weighted by atomic mass is 9.97. The molecule has 176 valence electrons. The zero-order chi connectivity index (χ0) is 23.5. The van der Waals surface area contributed by atoms with Crippen molar-refractivity contribution in [3.05, 3.63) is 35.8 Å². The third-order valence-corrected chi connectivity index (χ3v) is 7.87. The Balaban J connectivity index is 1.36. The number of fused-ring (bicyclic) bond motifs is 2. The van der Waals surface area contributed by atoms with Gasteiger partial charge in [-0.05, 0) is 42.2 Å². The zero-order valence-corrected chi connectivity index (χ0v) is 18.7. The molecule has 3 aliphatic rings. The van der Waals surface area contributed by atoms with Gasteiger partial charge < -0.3 is 25.6 Å². The number of benzene rings is 1. The van der Waals surface area contributed by atoms with E-state index >= 15 is 0 Å². The van der Waals surface area contributed by atoms with Crippen molar-refractivity contribution in [2.45, 2.75) is 38.8 Å². The van der Waals surface area contributed by atoms with Crippen LogP contribution in [0.3, 0.4) is 0 Å². The summed E-state index contributed by atoms with van der Waals surface area (Å²) in [5.41, 5.74) is 0.445. The lowest BCUT2D eigenvalue weighted by Gasteiger charge is -2.31. The minimum absolute atomic E-state index is 0.0108. The first-order valence-corrected chi connectivity index (χ1v) is 11.5. The van der Waals surface area contributed by atoms with Crippen molar-refractivity contribution in [2.24, 2.45) is 23.2 Å². The monoisotopic (exact) mass is 456 g/mol. The van der Waals surface area contributed by atoms with Gasteiger partial charge in [-0.2, -0.15) is 0 Å². The van der Waals surface area contributed by atoms with E-state index in [1.807, 2.05) is 0 Å². The molecule has 2 aromatic rings. The third kappa shape index (κ3) is 3.58. The van der Waals surface area contributed by atoms with E-state index in [9.17, 15) is 23.9 Å². The number of aliphatic hydroxyl groups excluding tert-OH is 1. The Morgan fingerprint density at radius 2 is 2.15 bits per heavy atom. The molecule has 5 atom stereocenters. The number of hydrogen-bond acceptors (Lipinski definition) is 4. The van der Waals surface area contributed by atoms with Gasteiger partial charge in [-0.3, -0.25) is 14.4 Å². The molecule has 2 aliphatic heterocycles. The van der Waals surface area contributed by atoms with Gasteiger partial charge in [0.05, 0.1) is 18.2 Å². The van der Waals surface area contributed by atoms with Crippen molar-refractivity contribution in [2.75, 3.05) is 19.7 Å². The topological polar surface area (TPSA) is 115 Å². The molecule has 0 spiro atoms. The molecule has 3 fully saturated rings. The van der Waals surface area contributed by atoms with Crippen LogP contribution in [0.4, 0.5) is 4.39 Å². The highest BCUT2D eigenvalue weighted by atomic mass is 19.1. The van der Waals surface area contributed by atoms with Crippen molar-refractivity contribution in [3.63, 3.8) is 0 Å². The summed E-state index contributed by atoms with van der Waals surface area (Å²) < 4.78 is 14.1. The maximum Gasteiger partial charge on any atom is 0.271 e. The number of piperidine rings is 1. The van der Waals surface area contributed by atoms with E-state index in [2.05, 4.69) is 29.5 Å². The minimum Gasteiger partial charge on any atom is -0.394 e. The van der Waals surface area contributed by atoms with Gasteiger partial charge in [0.15, 0.2) is 0 Å². The molecule has 1 aromatic heterocycles. The Labute approximate surface area is 190 Å². The molecule has 0 unspecified atom stereocenters. The molecule has 0 bridgehead atoms. The fraction of sp³-hybridized carbons (Fsp3) is 0.542. The molecule has 8 nitrogen and oxygen atoms in total. The van der Waals surface area contributed by atoms with Crippen LogP contribution >= 0.6 is 0 Å². The Morgan fingerprint density at radius 3 is 2.82 bits per heavy atom. The van der Waals surface area contributed by atoms with E-state index in [-0.39, 0.29) is 58.7 Å². The van der Waals surface area contributed by atoms with Gasteiger partial charge in [0.2, 0.25) is 11.8 Å². The molecule has 5 rings (SSSR count). The highest BCUT2D eigenvalue weighted by Crippen LogP contribution is 2.65. The maximum atomic E-state index is 14.1. The summed E-state index contributed by atoms with van der Waals surface area (Å²) in [6.45, 7) is 4.95. The molecular formula is C24H29FN4O4. The fourth-order valence-corrected chi connectivity index (χ4v) is 5.86. The van der Waals surface area contributed by atoms with Gasteiger partial charge in [0.25, 0.3) is 5.91 Å². The van der Waals surface area contributed by atoms with Crippen LogP contribution < -0.4 is 10.6 Å². The number of rotatable bonds is 6. The van der Waals surface area contributed by atoms with Crippen molar-refractivity contribution >= 4 is 28.6 Å². The molecule has 4 N–H and O–H groups in total. The number of carbonyl (C=O) groups is 3. The fourth-order valence-electron chi connectivity index (χ4n) is 5.86. The predicted octanol–water partition coefficient (Wildman–Crippen LogP) is 1.41. The van der Waals surface area contributed by atoms with Gasteiger partial charge in [-0.15, -0.1) is 0 Å². The number of H-pyrrole nitrogens is 1. The van der Waals surface area contributed by atoms with E-state index < -0.39 is 17.9 Å². The molecular weight excluding hydrogens is 427 g/mol. The molecule has 9 heteroatoms. The number of amides is 3. The van der Waals surface area contributed by atoms with Crippen LogP contribution in [0.1, 0.15) is 37.2 Å². The second-order valence-corrected chi connectivity index (χ2v) is 10.1. The van der Waals surface area contributed by atoms with E-state index in [0.717, 1.165) is 0 Å². The molecule has 1 saturated carbocycles. The van der Waals surface area contributed by atoms with Crippen LogP contribution in [0.15, 0.2) is 24.3 Å². The number of carbonyl (C=O) groups excluding carboxylic acids is 3. The Hall–Kier alpha value is -2.94.